The Kier molecular flexibility index (Phi) is 5.88. The van der Waals surface area contributed by atoms with Crippen molar-refractivity contribution in [3.8, 4) is 0 Å². The Hall–Kier alpha value is -2.44. The van der Waals surface area contributed by atoms with Gasteiger partial charge in [0.15, 0.2) is 5.82 Å². The topological polar surface area (TPSA) is 70.2 Å². The molecule has 1 aromatic carbocycles. The van der Waals surface area contributed by atoms with E-state index in [9.17, 15) is 4.79 Å². The number of anilines is 1. The molecule has 148 valence electrons. The molecule has 1 aliphatic heterocycles. The lowest BCUT2D eigenvalue weighted by Gasteiger charge is -2.27. The summed E-state index contributed by atoms with van der Waals surface area (Å²) in [5, 5.41) is 3.06. The SMILES string of the molecule is Cc1cnc(C(=O)Nc2ccc(CN3CCOCC3)cc2C2=CCCCC2)[nH]1. The van der Waals surface area contributed by atoms with Gasteiger partial charge in [0.05, 0.1) is 13.2 Å². The minimum absolute atomic E-state index is 0.202. The second-order valence-electron chi connectivity index (χ2n) is 7.61. The summed E-state index contributed by atoms with van der Waals surface area (Å²) >= 11 is 0. The Bertz CT molecular complexity index is 865. The summed E-state index contributed by atoms with van der Waals surface area (Å²) in [5.74, 6) is 0.144. The molecule has 1 amide bonds. The van der Waals surface area contributed by atoms with Crippen molar-refractivity contribution in [2.75, 3.05) is 31.6 Å². The highest BCUT2D eigenvalue weighted by atomic mass is 16.5. The van der Waals surface area contributed by atoms with E-state index in [0.717, 1.165) is 62.6 Å². The predicted octanol–water partition coefficient (Wildman–Crippen LogP) is 3.76. The highest BCUT2D eigenvalue weighted by molar-refractivity contribution is 6.03. The van der Waals surface area contributed by atoms with E-state index in [1.807, 2.05) is 13.0 Å². The zero-order valence-corrected chi connectivity index (χ0v) is 16.5. The molecule has 1 aliphatic carbocycles. The smallest absolute Gasteiger partial charge is 0.291 e. The molecule has 6 nitrogen and oxygen atoms in total. The number of rotatable bonds is 5. The number of carbonyl (C=O) groups excluding carboxylic acids is 1. The van der Waals surface area contributed by atoms with Gasteiger partial charge in [-0.3, -0.25) is 9.69 Å². The van der Waals surface area contributed by atoms with E-state index >= 15 is 0 Å². The minimum atomic E-state index is -0.202. The van der Waals surface area contributed by atoms with Crippen LogP contribution in [0, 0.1) is 6.92 Å². The number of hydrogen-bond acceptors (Lipinski definition) is 4. The van der Waals surface area contributed by atoms with Crippen molar-refractivity contribution in [2.45, 2.75) is 39.2 Å². The van der Waals surface area contributed by atoms with Gasteiger partial charge in [-0.25, -0.2) is 4.98 Å². The Morgan fingerprint density at radius 2 is 2.14 bits per heavy atom. The molecule has 28 heavy (non-hydrogen) atoms. The van der Waals surface area contributed by atoms with Crippen LogP contribution in [0.2, 0.25) is 0 Å². The molecule has 2 aromatic rings. The zero-order chi connectivity index (χ0) is 19.3. The van der Waals surface area contributed by atoms with Gasteiger partial charge in [-0.1, -0.05) is 12.1 Å². The summed E-state index contributed by atoms with van der Waals surface area (Å²) in [6.07, 6.45) is 8.60. The first-order chi connectivity index (χ1) is 13.7. The van der Waals surface area contributed by atoms with Gasteiger partial charge >= 0.3 is 0 Å². The number of aryl methyl sites for hydroxylation is 1. The normalized spacial score (nSPS) is 18.0. The van der Waals surface area contributed by atoms with Gasteiger partial charge in [-0.15, -0.1) is 0 Å². The van der Waals surface area contributed by atoms with Crippen LogP contribution in [0.5, 0.6) is 0 Å². The van der Waals surface area contributed by atoms with Crippen LogP contribution in [-0.2, 0) is 11.3 Å². The van der Waals surface area contributed by atoms with Crippen molar-refractivity contribution in [1.82, 2.24) is 14.9 Å². The third-order valence-electron chi connectivity index (χ3n) is 5.40. The van der Waals surface area contributed by atoms with Crippen molar-refractivity contribution < 1.29 is 9.53 Å². The number of nitrogens with one attached hydrogen (secondary N) is 2. The number of H-pyrrole nitrogens is 1. The summed E-state index contributed by atoms with van der Waals surface area (Å²) in [6, 6.07) is 6.40. The Morgan fingerprint density at radius 3 is 2.86 bits per heavy atom. The molecule has 0 spiro atoms. The molecule has 4 rings (SSSR count). The van der Waals surface area contributed by atoms with Crippen LogP contribution in [0.25, 0.3) is 5.57 Å². The first-order valence-electron chi connectivity index (χ1n) is 10.1. The van der Waals surface area contributed by atoms with Gasteiger partial charge in [-0.05, 0) is 55.9 Å². The number of aromatic amines is 1. The number of ether oxygens (including phenoxy) is 1. The van der Waals surface area contributed by atoms with Crippen molar-refractivity contribution in [1.29, 1.82) is 0 Å². The molecule has 0 saturated carbocycles. The molecular weight excluding hydrogens is 352 g/mol. The van der Waals surface area contributed by atoms with Gasteiger partial charge in [0.2, 0.25) is 0 Å². The maximum absolute atomic E-state index is 12.6. The van der Waals surface area contributed by atoms with Crippen molar-refractivity contribution in [3.05, 3.63) is 53.1 Å². The summed E-state index contributed by atoms with van der Waals surface area (Å²) in [7, 11) is 0. The fourth-order valence-corrected chi connectivity index (χ4v) is 3.87. The maximum Gasteiger partial charge on any atom is 0.291 e. The van der Waals surface area contributed by atoms with Gasteiger partial charge in [0.25, 0.3) is 5.91 Å². The number of carbonyl (C=O) groups is 1. The number of morpholine rings is 1. The van der Waals surface area contributed by atoms with E-state index in [0.29, 0.717) is 5.82 Å². The third kappa shape index (κ3) is 4.51. The van der Waals surface area contributed by atoms with Gasteiger partial charge in [0, 0.05) is 42.8 Å². The number of amides is 1. The third-order valence-corrected chi connectivity index (χ3v) is 5.40. The van der Waals surface area contributed by atoms with Crippen LogP contribution in [0.3, 0.4) is 0 Å². The van der Waals surface area contributed by atoms with Crippen molar-refractivity contribution in [3.63, 3.8) is 0 Å². The van der Waals surface area contributed by atoms with Gasteiger partial charge in [0.1, 0.15) is 0 Å². The van der Waals surface area contributed by atoms with Crippen molar-refractivity contribution in [2.24, 2.45) is 0 Å². The molecule has 0 radical (unpaired) electrons. The van der Waals surface area contributed by atoms with E-state index in [2.05, 4.69) is 38.4 Å². The molecule has 0 bridgehead atoms. The fraction of sp³-hybridized carbons (Fsp3) is 0.455. The minimum Gasteiger partial charge on any atom is -0.379 e. The molecule has 1 aromatic heterocycles. The van der Waals surface area contributed by atoms with E-state index in [-0.39, 0.29) is 5.91 Å². The number of allylic oxidation sites excluding steroid dienone is 2. The molecule has 1 saturated heterocycles. The number of nitrogens with zero attached hydrogens (tertiary/aromatic N) is 2. The average Bonchev–Trinajstić information content (AvgIpc) is 3.17. The van der Waals surface area contributed by atoms with E-state index < -0.39 is 0 Å². The van der Waals surface area contributed by atoms with Crippen LogP contribution >= 0.6 is 0 Å². The monoisotopic (exact) mass is 380 g/mol. The molecule has 1 fully saturated rings. The second kappa shape index (κ2) is 8.71. The molecule has 2 N–H and O–H groups in total. The maximum atomic E-state index is 12.6. The molecular formula is C22H28N4O2. The lowest BCUT2D eigenvalue weighted by atomic mass is 9.91. The summed E-state index contributed by atoms with van der Waals surface area (Å²) in [5.41, 5.74) is 5.48. The van der Waals surface area contributed by atoms with Gasteiger partial charge in [-0.2, -0.15) is 0 Å². The highest BCUT2D eigenvalue weighted by Gasteiger charge is 2.17. The quantitative estimate of drug-likeness (QED) is 0.829. The second-order valence-corrected chi connectivity index (χ2v) is 7.61. The average molecular weight is 380 g/mol. The Labute approximate surface area is 166 Å². The number of benzene rings is 1. The first kappa shape index (κ1) is 18.9. The van der Waals surface area contributed by atoms with Crippen LogP contribution in [-0.4, -0.2) is 47.1 Å². The summed E-state index contributed by atoms with van der Waals surface area (Å²) < 4.78 is 5.46. The van der Waals surface area contributed by atoms with E-state index in [1.54, 1.807) is 6.20 Å². The first-order valence-corrected chi connectivity index (χ1v) is 10.1. The number of hydrogen-bond donors (Lipinski definition) is 2. The molecule has 0 unspecified atom stereocenters. The van der Waals surface area contributed by atoms with E-state index in [4.69, 9.17) is 4.74 Å². The Morgan fingerprint density at radius 1 is 1.29 bits per heavy atom. The van der Waals surface area contributed by atoms with Crippen LogP contribution in [0.1, 0.15) is 53.1 Å². The molecule has 6 heteroatoms. The summed E-state index contributed by atoms with van der Waals surface area (Å²) in [6.45, 7) is 6.34. The number of imidazole rings is 1. The standard InChI is InChI=1S/C22H28N4O2/c1-16-14-23-21(24-16)22(27)25-20-8-7-17(15-26-9-11-28-12-10-26)13-19(20)18-5-3-2-4-6-18/h5,7-8,13-14H,2-4,6,9-12,15H2,1H3,(H,23,24)(H,25,27). The molecule has 2 aliphatic rings. The highest BCUT2D eigenvalue weighted by Crippen LogP contribution is 2.33. The molecule has 0 atom stereocenters. The van der Waals surface area contributed by atoms with Crippen LogP contribution in [0.15, 0.2) is 30.5 Å². The largest absolute Gasteiger partial charge is 0.379 e. The van der Waals surface area contributed by atoms with Crippen LogP contribution < -0.4 is 5.32 Å². The zero-order valence-electron chi connectivity index (χ0n) is 16.5. The lowest BCUT2D eigenvalue weighted by molar-refractivity contribution is 0.0342. The van der Waals surface area contributed by atoms with Gasteiger partial charge < -0.3 is 15.0 Å². The molecule has 2 heterocycles. The lowest BCUT2D eigenvalue weighted by Crippen LogP contribution is -2.35. The fourth-order valence-electron chi connectivity index (χ4n) is 3.87. The van der Waals surface area contributed by atoms with E-state index in [1.165, 1.54) is 24.0 Å². The Balaban J connectivity index is 1.58. The summed E-state index contributed by atoms with van der Waals surface area (Å²) in [4.78, 5) is 22.2. The predicted molar refractivity (Wildman–Crippen MR) is 110 cm³/mol. The number of aromatic nitrogens is 2. The van der Waals surface area contributed by atoms with Crippen LogP contribution in [0.4, 0.5) is 5.69 Å². The van der Waals surface area contributed by atoms with Crippen molar-refractivity contribution >= 4 is 17.2 Å².